The average molecular weight is 434 g/mol. The molecule has 0 saturated carbocycles. The first-order valence-corrected chi connectivity index (χ1v) is 10.4. The molecular formula is C24H26N4O4. The lowest BCUT2D eigenvalue weighted by atomic mass is 9.87. The Morgan fingerprint density at radius 2 is 1.88 bits per heavy atom. The van der Waals surface area contributed by atoms with Crippen molar-refractivity contribution in [3.8, 4) is 17.0 Å². The lowest BCUT2D eigenvalue weighted by Gasteiger charge is -2.39. The normalized spacial score (nSPS) is 18.4. The molecule has 3 aromatic rings. The van der Waals surface area contributed by atoms with E-state index in [4.69, 9.17) is 15.2 Å². The summed E-state index contributed by atoms with van der Waals surface area (Å²) in [5.41, 5.74) is 9.69. The van der Waals surface area contributed by atoms with Crippen LogP contribution in [-0.4, -0.2) is 54.7 Å². The zero-order valence-electron chi connectivity index (χ0n) is 18.1. The van der Waals surface area contributed by atoms with Gasteiger partial charge in [-0.25, -0.2) is 4.79 Å². The number of carbonyl (C=O) groups is 1. The number of methoxy groups -OCH3 is 2. The number of rotatable bonds is 5. The number of carbonyl (C=O) groups excluding carboxylic acids is 1. The van der Waals surface area contributed by atoms with E-state index in [9.17, 15) is 9.90 Å². The Labute approximate surface area is 186 Å². The van der Waals surface area contributed by atoms with Crippen molar-refractivity contribution >= 4 is 17.5 Å². The quantitative estimate of drug-likeness (QED) is 0.589. The third kappa shape index (κ3) is 4.22. The molecule has 1 aromatic heterocycles. The van der Waals surface area contributed by atoms with Crippen LogP contribution in [0.25, 0.3) is 11.3 Å². The number of nitrogens with two attached hydrogens (primary N) is 1. The Hall–Kier alpha value is -3.65. The van der Waals surface area contributed by atoms with Crippen LogP contribution in [0.4, 0.5) is 11.5 Å². The summed E-state index contributed by atoms with van der Waals surface area (Å²) in [5, 5.41) is 18.5. The summed E-state index contributed by atoms with van der Waals surface area (Å²) < 4.78 is 10.6. The maximum atomic E-state index is 11.8. The van der Waals surface area contributed by atoms with Gasteiger partial charge in [0.25, 0.3) is 0 Å². The summed E-state index contributed by atoms with van der Waals surface area (Å²) in [7, 11) is 3.08. The Kier molecular flexibility index (Phi) is 6.23. The highest BCUT2D eigenvalue weighted by Gasteiger charge is 2.32. The Bertz CT molecular complexity index is 1100. The number of anilines is 2. The number of esters is 1. The van der Waals surface area contributed by atoms with Gasteiger partial charge < -0.3 is 25.2 Å². The van der Waals surface area contributed by atoms with E-state index in [0.717, 1.165) is 24.2 Å². The zero-order chi connectivity index (χ0) is 22.7. The molecule has 2 heterocycles. The van der Waals surface area contributed by atoms with Gasteiger partial charge in [0.2, 0.25) is 0 Å². The van der Waals surface area contributed by atoms with E-state index in [0.29, 0.717) is 29.2 Å². The molecule has 8 heteroatoms. The van der Waals surface area contributed by atoms with Crippen molar-refractivity contribution in [2.75, 3.05) is 37.9 Å². The number of aromatic hydroxyl groups is 1. The summed E-state index contributed by atoms with van der Waals surface area (Å²) >= 11 is 0. The second kappa shape index (κ2) is 9.23. The number of hydrogen-bond donors (Lipinski definition) is 2. The van der Waals surface area contributed by atoms with Gasteiger partial charge in [0.05, 0.1) is 30.2 Å². The van der Waals surface area contributed by atoms with Gasteiger partial charge in [0.1, 0.15) is 5.75 Å². The highest BCUT2D eigenvalue weighted by Crippen LogP contribution is 2.36. The standard InChI is InChI=1S/C24H26N4O4/c1-31-22-11-12-28(14-18(22)15-7-9-16(10-8-15)24(30)32-2)20-13-19(26-27-23(20)25)17-5-3-4-6-21(17)29/h3-10,13,18,22,29H,11-12,14H2,1-2H3,(H2,25,27)/t18-,22+/m0/s1. The number of nitrogen functional groups attached to an aromatic ring is 1. The Balaban J connectivity index is 1.63. The molecule has 0 amide bonds. The molecule has 0 aliphatic carbocycles. The van der Waals surface area contributed by atoms with E-state index in [-0.39, 0.29) is 23.7 Å². The first-order chi connectivity index (χ1) is 15.5. The highest BCUT2D eigenvalue weighted by atomic mass is 16.5. The van der Waals surface area contributed by atoms with Gasteiger partial charge in [-0.1, -0.05) is 24.3 Å². The van der Waals surface area contributed by atoms with Gasteiger partial charge in [-0.05, 0) is 42.3 Å². The SMILES string of the molecule is COC(=O)c1ccc([C@@H]2CN(c3cc(-c4ccccc4O)nnc3N)CC[C@H]2OC)cc1. The summed E-state index contributed by atoms with van der Waals surface area (Å²) in [6.45, 7) is 1.40. The number of benzene rings is 2. The molecule has 32 heavy (non-hydrogen) atoms. The summed E-state index contributed by atoms with van der Waals surface area (Å²) in [5.74, 6) is 0.179. The van der Waals surface area contributed by atoms with E-state index in [1.165, 1.54) is 7.11 Å². The van der Waals surface area contributed by atoms with Crippen LogP contribution in [0.2, 0.25) is 0 Å². The molecule has 0 bridgehead atoms. The van der Waals surface area contributed by atoms with Crippen LogP contribution >= 0.6 is 0 Å². The maximum absolute atomic E-state index is 11.8. The second-order valence-electron chi connectivity index (χ2n) is 7.75. The first-order valence-electron chi connectivity index (χ1n) is 10.4. The number of piperidine rings is 1. The molecule has 1 saturated heterocycles. The van der Waals surface area contributed by atoms with Crippen LogP contribution < -0.4 is 10.6 Å². The van der Waals surface area contributed by atoms with Gasteiger partial charge in [-0.3, -0.25) is 0 Å². The molecule has 0 spiro atoms. The lowest BCUT2D eigenvalue weighted by molar-refractivity contribution is 0.0600. The third-order valence-electron chi connectivity index (χ3n) is 5.93. The van der Waals surface area contributed by atoms with Crippen LogP contribution in [0, 0.1) is 0 Å². The van der Waals surface area contributed by atoms with Crippen molar-refractivity contribution in [2.45, 2.75) is 18.4 Å². The minimum absolute atomic E-state index is 0.0314. The molecule has 1 aliphatic rings. The average Bonchev–Trinajstić information content (AvgIpc) is 2.84. The lowest BCUT2D eigenvalue weighted by Crippen LogP contribution is -2.43. The number of ether oxygens (including phenoxy) is 2. The van der Waals surface area contributed by atoms with Crippen molar-refractivity contribution in [1.82, 2.24) is 10.2 Å². The molecule has 3 N–H and O–H groups in total. The largest absolute Gasteiger partial charge is 0.507 e. The van der Waals surface area contributed by atoms with E-state index < -0.39 is 0 Å². The molecule has 2 aromatic carbocycles. The zero-order valence-corrected chi connectivity index (χ0v) is 18.1. The molecule has 0 unspecified atom stereocenters. The summed E-state index contributed by atoms with van der Waals surface area (Å²) in [4.78, 5) is 13.9. The highest BCUT2D eigenvalue weighted by molar-refractivity contribution is 5.89. The van der Waals surface area contributed by atoms with Crippen LogP contribution in [0.15, 0.2) is 54.6 Å². The van der Waals surface area contributed by atoms with Crippen LogP contribution in [0.1, 0.15) is 28.3 Å². The predicted octanol–water partition coefficient (Wildman–Crippen LogP) is 3.23. The number of phenols is 1. The fraction of sp³-hybridized carbons (Fsp3) is 0.292. The van der Waals surface area contributed by atoms with Gasteiger partial charge >= 0.3 is 5.97 Å². The summed E-state index contributed by atoms with van der Waals surface area (Å²) in [6, 6.07) is 16.3. The minimum Gasteiger partial charge on any atom is -0.507 e. The molecule has 4 rings (SSSR count). The van der Waals surface area contributed by atoms with Crippen molar-refractivity contribution in [3.05, 3.63) is 65.7 Å². The van der Waals surface area contributed by atoms with Gasteiger partial charge in [0.15, 0.2) is 5.82 Å². The molecule has 1 aliphatic heterocycles. The maximum Gasteiger partial charge on any atom is 0.337 e. The minimum atomic E-state index is -0.363. The van der Waals surface area contributed by atoms with Gasteiger partial charge in [0, 0.05) is 31.7 Å². The Morgan fingerprint density at radius 1 is 1.12 bits per heavy atom. The van der Waals surface area contributed by atoms with Gasteiger partial charge in [-0.15, -0.1) is 10.2 Å². The van der Waals surface area contributed by atoms with Crippen molar-refractivity contribution in [3.63, 3.8) is 0 Å². The van der Waals surface area contributed by atoms with E-state index in [1.807, 2.05) is 24.3 Å². The van der Waals surface area contributed by atoms with Crippen molar-refractivity contribution < 1.29 is 19.4 Å². The van der Waals surface area contributed by atoms with Gasteiger partial charge in [-0.2, -0.15) is 0 Å². The molecule has 166 valence electrons. The Morgan fingerprint density at radius 3 is 2.56 bits per heavy atom. The summed E-state index contributed by atoms with van der Waals surface area (Å²) in [6.07, 6.45) is 0.831. The number of nitrogens with zero attached hydrogens (tertiary/aromatic N) is 3. The van der Waals surface area contributed by atoms with E-state index in [1.54, 1.807) is 37.4 Å². The number of para-hydroxylation sites is 1. The smallest absolute Gasteiger partial charge is 0.337 e. The number of hydrogen-bond acceptors (Lipinski definition) is 8. The fourth-order valence-electron chi connectivity index (χ4n) is 4.20. The van der Waals surface area contributed by atoms with E-state index >= 15 is 0 Å². The molecule has 1 fully saturated rings. The van der Waals surface area contributed by atoms with Crippen LogP contribution in [-0.2, 0) is 9.47 Å². The molecule has 8 nitrogen and oxygen atoms in total. The van der Waals surface area contributed by atoms with Crippen LogP contribution in [0.5, 0.6) is 5.75 Å². The second-order valence-corrected chi connectivity index (χ2v) is 7.75. The fourth-order valence-corrected chi connectivity index (χ4v) is 4.20. The van der Waals surface area contributed by atoms with E-state index in [2.05, 4.69) is 15.1 Å². The van der Waals surface area contributed by atoms with Crippen molar-refractivity contribution in [2.24, 2.45) is 0 Å². The number of phenolic OH excluding ortho intramolecular Hbond substituents is 1. The topological polar surface area (TPSA) is 111 Å². The van der Waals surface area contributed by atoms with Crippen LogP contribution in [0.3, 0.4) is 0 Å². The van der Waals surface area contributed by atoms with Crippen molar-refractivity contribution in [1.29, 1.82) is 0 Å². The molecule has 0 radical (unpaired) electrons. The monoisotopic (exact) mass is 434 g/mol. The molecular weight excluding hydrogens is 408 g/mol. The third-order valence-corrected chi connectivity index (χ3v) is 5.93. The number of aromatic nitrogens is 2. The first kappa shape index (κ1) is 21.6. The predicted molar refractivity (Wildman–Crippen MR) is 122 cm³/mol. The molecule has 2 atom stereocenters.